The van der Waals surface area contributed by atoms with Crippen molar-refractivity contribution < 1.29 is 32.2 Å². The molecular formula is C34H33F3N6O4. The first kappa shape index (κ1) is 31.0. The topological polar surface area (TPSA) is 116 Å². The number of primary amides is 1. The minimum absolute atomic E-state index is 0.0790. The molecule has 47 heavy (non-hydrogen) atoms. The minimum atomic E-state index is -0.945. The first-order valence-electron chi connectivity index (χ1n) is 15.5. The van der Waals surface area contributed by atoms with Crippen LogP contribution in [0, 0.1) is 24.0 Å². The summed E-state index contributed by atoms with van der Waals surface area (Å²) in [5.41, 5.74) is 5.04. The maximum absolute atomic E-state index is 16.9. The Labute approximate surface area is 269 Å². The lowest BCUT2D eigenvalue weighted by Gasteiger charge is -2.30. The van der Waals surface area contributed by atoms with Gasteiger partial charge in [-0.25, -0.2) is 23.1 Å². The van der Waals surface area contributed by atoms with Gasteiger partial charge in [-0.05, 0) is 55.8 Å². The Morgan fingerprint density at radius 3 is 2.83 bits per heavy atom. The van der Waals surface area contributed by atoms with Crippen LogP contribution in [0.3, 0.4) is 0 Å². The van der Waals surface area contributed by atoms with E-state index in [0.29, 0.717) is 43.5 Å². The summed E-state index contributed by atoms with van der Waals surface area (Å²) in [7, 11) is 1.46. The molecule has 0 bridgehead atoms. The predicted molar refractivity (Wildman–Crippen MR) is 169 cm³/mol. The zero-order valence-corrected chi connectivity index (χ0v) is 25.8. The zero-order chi connectivity index (χ0) is 32.9. The first-order chi connectivity index (χ1) is 22.7. The Kier molecular flexibility index (Phi) is 8.01. The lowest BCUT2D eigenvalue weighted by Crippen LogP contribution is -2.43. The molecule has 0 saturated carbocycles. The number of amides is 1. The van der Waals surface area contributed by atoms with Crippen molar-refractivity contribution in [1.82, 2.24) is 19.9 Å². The summed E-state index contributed by atoms with van der Waals surface area (Å²) >= 11 is 0. The number of anilines is 1. The van der Waals surface area contributed by atoms with E-state index >= 15 is 8.78 Å². The van der Waals surface area contributed by atoms with E-state index in [1.165, 1.54) is 31.5 Å². The van der Waals surface area contributed by atoms with Gasteiger partial charge in [0.1, 0.15) is 47.4 Å². The molecule has 10 nitrogen and oxygen atoms in total. The summed E-state index contributed by atoms with van der Waals surface area (Å²) in [6, 6.07) is 5.12. The van der Waals surface area contributed by atoms with E-state index in [9.17, 15) is 9.18 Å². The Morgan fingerprint density at radius 1 is 1.19 bits per heavy atom. The number of nitrogens with zero attached hydrogens (tertiary/aromatic N) is 5. The van der Waals surface area contributed by atoms with Crippen molar-refractivity contribution in [3.63, 3.8) is 0 Å². The highest BCUT2D eigenvalue weighted by molar-refractivity contribution is 6.04. The van der Waals surface area contributed by atoms with E-state index in [2.05, 4.69) is 20.8 Å². The van der Waals surface area contributed by atoms with Crippen LogP contribution in [0.4, 0.5) is 19.0 Å². The molecular weight excluding hydrogens is 613 g/mol. The van der Waals surface area contributed by atoms with E-state index in [-0.39, 0.29) is 58.3 Å². The van der Waals surface area contributed by atoms with Gasteiger partial charge in [-0.3, -0.25) is 9.69 Å². The molecule has 7 rings (SSSR count). The van der Waals surface area contributed by atoms with Crippen molar-refractivity contribution in [2.45, 2.75) is 49.9 Å². The quantitative estimate of drug-likeness (QED) is 0.207. The van der Waals surface area contributed by atoms with E-state index in [1.807, 2.05) is 0 Å². The molecule has 0 unspecified atom stereocenters. The highest BCUT2D eigenvalue weighted by Gasteiger charge is 2.49. The van der Waals surface area contributed by atoms with E-state index in [4.69, 9.17) is 31.4 Å². The van der Waals surface area contributed by atoms with Gasteiger partial charge in [-0.1, -0.05) is 12.0 Å². The molecule has 3 aliphatic heterocycles. The maximum atomic E-state index is 16.9. The molecule has 4 aromatic rings. The number of fused-ring (bicyclic) bond motifs is 3. The fraction of sp³-hybridized carbons (Fsp3) is 0.412. The fourth-order valence-corrected chi connectivity index (χ4v) is 7.41. The molecule has 3 fully saturated rings. The standard InChI is InChI=1S/C34H33F3N6O4/c1-3-22-25(36)8-7-19-12-21(47-18-45-2)13-23(27(19)22)29-28(37)30-24(32(40-29)43-11-4-6-26(43)31(38)44)15-39-33(41-30)46-17-34-9-5-10-42(34)16-20(35)14-34/h1,7-8,12-13,15,20,26H,4-6,9-11,14,16-18H2,2H3,(H2,38,44)/t20-,26-,34+/m1/s1. The van der Waals surface area contributed by atoms with Crippen LogP contribution in [-0.4, -0.2) is 83.7 Å². The van der Waals surface area contributed by atoms with Crippen molar-refractivity contribution in [3.05, 3.63) is 47.7 Å². The molecule has 3 aliphatic rings. The molecule has 1 amide bonds. The number of aromatic nitrogens is 3. The minimum Gasteiger partial charge on any atom is -0.468 e. The van der Waals surface area contributed by atoms with Crippen LogP contribution in [0.1, 0.15) is 37.7 Å². The molecule has 3 atom stereocenters. The lowest BCUT2D eigenvalue weighted by molar-refractivity contribution is -0.119. The third-order valence-electron chi connectivity index (χ3n) is 9.51. The molecule has 0 spiro atoms. The molecule has 2 N–H and O–H groups in total. The molecule has 0 aliphatic carbocycles. The molecule has 5 heterocycles. The van der Waals surface area contributed by atoms with E-state index in [1.54, 1.807) is 11.0 Å². The van der Waals surface area contributed by atoms with Crippen molar-refractivity contribution in [2.24, 2.45) is 5.73 Å². The number of methoxy groups -OCH3 is 1. The number of carbonyl (C=O) groups excluding carboxylic acids is 1. The number of halogens is 3. The number of hydrogen-bond acceptors (Lipinski definition) is 9. The number of rotatable bonds is 9. The van der Waals surface area contributed by atoms with E-state index in [0.717, 1.165) is 19.4 Å². The predicted octanol–water partition coefficient (Wildman–Crippen LogP) is 4.50. The fourth-order valence-electron chi connectivity index (χ4n) is 7.41. The van der Waals surface area contributed by atoms with Gasteiger partial charge in [-0.2, -0.15) is 4.98 Å². The monoisotopic (exact) mass is 646 g/mol. The number of benzene rings is 2. The number of ether oxygens (including phenoxy) is 3. The number of terminal acetylenes is 1. The lowest BCUT2D eigenvalue weighted by atomic mass is 9.95. The van der Waals surface area contributed by atoms with Crippen molar-refractivity contribution >= 4 is 33.4 Å². The van der Waals surface area contributed by atoms with Crippen LogP contribution in [0.5, 0.6) is 11.8 Å². The number of hydrogen-bond donors (Lipinski definition) is 1. The largest absolute Gasteiger partial charge is 0.468 e. The zero-order valence-electron chi connectivity index (χ0n) is 25.8. The second-order valence-electron chi connectivity index (χ2n) is 12.3. The third-order valence-corrected chi connectivity index (χ3v) is 9.51. The average Bonchev–Trinajstić information content (AvgIpc) is 3.78. The molecule has 13 heteroatoms. The first-order valence-corrected chi connectivity index (χ1v) is 15.5. The number of nitrogens with two attached hydrogens (primary N) is 1. The second kappa shape index (κ2) is 12.2. The number of carbonyl (C=O) groups is 1. The van der Waals surface area contributed by atoms with Gasteiger partial charge in [0.15, 0.2) is 12.6 Å². The smallest absolute Gasteiger partial charge is 0.317 e. The Hall–Kier alpha value is -4.67. The van der Waals surface area contributed by atoms with Gasteiger partial charge < -0.3 is 24.8 Å². The summed E-state index contributed by atoms with van der Waals surface area (Å²) in [5, 5.41) is 0.961. The highest BCUT2D eigenvalue weighted by Crippen LogP contribution is 2.42. The van der Waals surface area contributed by atoms with Gasteiger partial charge in [0.05, 0.1) is 16.5 Å². The Balaban J connectivity index is 1.42. The molecule has 2 aromatic carbocycles. The van der Waals surface area contributed by atoms with Crippen LogP contribution < -0.4 is 20.1 Å². The van der Waals surface area contributed by atoms with Crippen LogP contribution in [-0.2, 0) is 9.53 Å². The molecule has 244 valence electrons. The summed E-state index contributed by atoms with van der Waals surface area (Å²) in [6.07, 6.45) is 9.41. The normalized spacial score (nSPS) is 22.6. The number of pyridine rings is 1. The molecule has 0 radical (unpaired) electrons. The summed E-state index contributed by atoms with van der Waals surface area (Å²) in [4.78, 5) is 29.9. The van der Waals surface area contributed by atoms with E-state index < -0.39 is 35.3 Å². The Morgan fingerprint density at radius 2 is 2.04 bits per heavy atom. The molecule has 3 saturated heterocycles. The van der Waals surface area contributed by atoms with Gasteiger partial charge in [0, 0.05) is 43.8 Å². The maximum Gasteiger partial charge on any atom is 0.317 e. The second-order valence-corrected chi connectivity index (χ2v) is 12.3. The van der Waals surface area contributed by atoms with Crippen molar-refractivity contribution in [2.75, 3.05) is 45.0 Å². The van der Waals surface area contributed by atoms with Crippen LogP contribution >= 0.6 is 0 Å². The van der Waals surface area contributed by atoms with Crippen molar-refractivity contribution in [1.29, 1.82) is 0 Å². The number of alkyl halides is 1. The average molecular weight is 647 g/mol. The van der Waals surface area contributed by atoms with Crippen LogP contribution in [0.2, 0.25) is 0 Å². The highest BCUT2D eigenvalue weighted by atomic mass is 19.1. The van der Waals surface area contributed by atoms with Gasteiger partial charge in [0.2, 0.25) is 5.91 Å². The van der Waals surface area contributed by atoms with Crippen LogP contribution in [0.15, 0.2) is 30.5 Å². The molecule has 2 aromatic heterocycles. The van der Waals surface area contributed by atoms with Gasteiger partial charge >= 0.3 is 6.01 Å². The summed E-state index contributed by atoms with van der Waals surface area (Å²) in [5.74, 6) is 0.875. The van der Waals surface area contributed by atoms with Crippen molar-refractivity contribution in [3.8, 4) is 35.4 Å². The summed E-state index contributed by atoms with van der Waals surface area (Å²) < 4.78 is 63.2. The van der Waals surface area contributed by atoms with Gasteiger partial charge in [-0.15, -0.1) is 6.42 Å². The Bertz CT molecular complexity index is 1940. The SMILES string of the molecule is C#Cc1c(F)ccc2cc(OCOC)cc(-c3nc(N4CCC[C@@H]4C(N)=O)c4cnc(OC[C@@]56CCCN5C[C@H](F)C6)nc4c3F)c12. The summed E-state index contributed by atoms with van der Waals surface area (Å²) in [6.45, 7) is 1.61. The third kappa shape index (κ3) is 5.35. The van der Waals surface area contributed by atoms with Crippen LogP contribution in [0.25, 0.3) is 32.9 Å². The van der Waals surface area contributed by atoms with Gasteiger partial charge in [0.25, 0.3) is 0 Å².